The molecule has 0 aromatic rings. The maximum atomic E-state index is 12.4. The number of amides is 2. The third-order valence-corrected chi connectivity index (χ3v) is 6.40. The van der Waals surface area contributed by atoms with E-state index in [2.05, 4.69) is 10.6 Å². The lowest BCUT2D eigenvalue weighted by molar-refractivity contribution is -0.266. The third kappa shape index (κ3) is 5.94. The molecule has 2 amide bonds. The lowest BCUT2D eigenvalue weighted by atomic mass is 9.96. The molecule has 0 aromatic heterocycles. The SMILES string of the molecule is COP(=O)(OC)[C@H](C)NC(=O)[C@@H](C)O[C@H]1[C@H](O)[C@@H](CO)OC(O)[C@@H]1NC(C)=O. The zero-order valence-electron chi connectivity index (χ0n) is 16.4. The number of hydrogen-bond acceptors (Lipinski definition) is 10. The van der Waals surface area contributed by atoms with Gasteiger partial charge in [-0.25, -0.2) is 0 Å². The van der Waals surface area contributed by atoms with E-state index in [0.29, 0.717) is 0 Å². The van der Waals surface area contributed by atoms with Crippen LogP contribution in [0, 0.1) is 0 Å². The summed E-state index contributed by atoms with van der Waals surface area (Å²) in [5, 5.41) is 34.5. The minimum absolute atomic E-state index is 0.525. The van der Waals surface area contributed by atoms with Crippen LogP contribution >= 0.6 is 7.60 Å². The quantitative estimate of drug-likeness (QED) is 0.266. The largest absolute Gasteiger partial charge is 0.394 e. The molecule has 7 atom stereocenters. The lowest BCUT2D eigenvalue weighted by Gasteiger charge is -2.43. The van der Waals surface area contributed by atoms with E-state index in [1.807, 2.05) is 0 Å². The van der Waals surface area contributed by atoms with Crippen molar-refractivity contribution in [1.82, 2.24) is 10.6 Å². The molecule has 164 valence electrons. The highest BCUT2D eigenvalue weighted by Gasteiger charge is 2.47. The van der Waals surface area contributed by atoms with Crippen molar-refractivity contribution in [3.05, 3.63) is 0 Å². The molecule has 13 heteroatoms. The van der Waals surface area contributed by atoms with Crippen LogP contribution in [-0.2, 0) is 32.7 Å². The van der Waals surface area contributed by atoms with Gasteiger partial charge in [0.15, 0.2) is 6.29 Å². The predicted molar refractivity (Wildman–Crippen MR) is 95.1 cm³/mol. The van der Waals surface area contributed by atoms with Crippen molar-refractivity contribution in [2.75, 3.05) is 20.8 Å². The van der Waals surface area contributed by atoms with Crippen LogP contribution < -0.4 is 10.6 Å². The summed E-state index contributed by atoms with van der Waals surface area (Å²) >= 11 is 0. The Bertz CT molecular complexity index is 583. The van der Waals surface area contributed by atoms with Gasteiger partial charge >= 0.3 is 7.60 Å². The molecule has 0 aromatic carbocycles. The van der Waals surface area contributed by atoms with Crippen LogP contribution in [0.3, 0.4) is 0 Å². The Hall–Kier alpha value is -1.11. The molecule has 1 fully saturated rings. The zero-order valence-corrected chi connectivity index (χ0v) is 17.3. The molecule has 1 heterocycles. The summed E-state index contributed by atoms with van der Waals surface area (Å²) in [5.41, 5.74) is 0. The van der Waals surface area contributed by atoms with Crippen LogP contribution in [0.4, 0.5) is 0 Å². The van der Waals surface area contributed by atoms with E-state index in [4.69, 9.17) is 18.5 Å². The van der Waals surface area contributed by atoms with E-state index in [-0.39, 0.29) is 0 Å². The Morgan fingerprint density at radius 1 is 1.21 bits per heavy atom. The standard InChI is InChI=1S/C15H29N2O10P/c1-7(14(21)17-9(3)28(23,24-4)25-5)26-13-11(16-8(2)19)15(22)27-10(6-18)12(13)20/h7,9-13,15,18,20,22H,6H2,1-5H3,(H,16,19)(H,17,21)/t7-,9-,10-,11-,12-,13-,15?/m1/s1. The lowest BCUT2D eigenvalue weighted by Crippen LogP contribution is -2.65. The molecule has 0 saturated carbocycles. The van der Waals surface area contributed by atoms with Crippen LogP contribution in [-0.4, -0.2) is 90.5 Å². The minimum Gasteiger partial charge on any atom is -0.394 e. The van der Waals surface area contributed by atoms with Gasteiger partial charge < -0.3 is 44.5 Å². The van der Waals surface area contributed by atoms with Crippen molar-refractivity contribution >= 4 is 19.4 Å². The average molecular weight is 428 g/mol. The molecule has 0 bridgehead atoms. The Kier molecular flexibility index (Phi) is 9.44. The van der Waals surface area contributed by atoms with Crippen molar-refractivity contribution in [3.63, 3.8) is 0 Å². The summed E-state index contributed by atoms with van der Waals surface area (Å²) in [7, 11) is -1.20. The summed E-state index contributed by atoms with van der Waals surface area (Å²) < 4.78 is 32.5. The van der Waals surface area contributed by atoms with Crippen LogP contribution in [0.2, 0.25) is 0 Å². The topological polar surface area (TPSA) is 173 Å². The van der Waals surface area contributed by atoms with Crippen LogP contribution in [0.15, 0.2) is 0 Å². The molecule has 12 nitrogen and oxygen atoms in total. The van der Waals surface area contributed by atoms with E-state index in [1.54, 1.807) is 0 Å². The highest BCUT2D eigenvalue weighted by Crippen LogP contribution is 2.50. The van der Waals surface area contributed by atoms with E-state index in [1.165, 1.54) is 35.0 Å². The van der Waals surface area contributed by atoms with Crippen molar-refractivity contribution in [3.8, 4) is 0 Å². The molecule has 0 radical (unpaired) electrons. The average Bonchev–Trinajstić information content (AvgIpc) is 2.65. The minimum atomic E-state index is -3.56. The second-order valence-electron chi connectivity index (χ2n) is 6.30. The number of carbonyl (C=O) groups excluding carboxylic acids is 2. The van der Waals surface area contributed by atoms with Crippen LogP contribution in [0.1, 0.15) is 20.8 Å². The first kappa shape index (κ1) is 24.9. The van der Waals surface area contributed by atoms with Gasteiger partial charge in [-0.1, -0.05) is 0 Å². The molecule has 0 spiro atoms. The molecule has 0 aliphatic carbocycles. The van der Waals surface area contributed by atoms with Crippen molar-refractivity contribution < 1.29 is 48.0 Å². The van der Waals surface area contributed by atoms with Crippen molar-refractivity contribution in [1.29, 1.82) is 0 Å². The first-order valence-electron chi connectivity index (χ1n) is 8.57. The Morgan fingerprint density at radius 3 is 2.25 bits per heavy atom. The van der Waals surface area contributed by atoms with E-state index >= 15 is 0 Å². The number of ether oxygens (including phenoxy) is 2. The van der Waals surface area contributed by atoms with Crippen molar-refractivity contribution in [2.45, 2.75) is 63.3 Å². The molecule has 1 unspecified atom stereocenters. The number of nitrogens with one attached hydrogen (secondary N) is 2. The Balaban J connectivity index is 2.91. The molecule has 1 aliphatic rings. The summed E-state index contributed by atoms with van der Waals surface area (Å²) in [6, 6.07) is -1.19. The summed E-state index contributed by atoms with van der Waals surface area (Å²) in [6.07, 6.45) is -6.66. The van der Waals surface area contributed by atoms with Gasteiger partial charge in [0, 0.05) is 21.1 Å². The number of rotatable bonds is 9. The van der Waals surface area contributed by atoms with Gasteiger partial charge in [0.2, 0.25) is 11.8 Å². The first-order chi connectivity index (χ1) is 13.0. The van der Waals surface area contributed by atoms with E-state index in [9.17, 15) is 29.5 Å². The summed E-state index contributed by atoms with van der Waals surface area (Å²) in [4.78, 5) is 23.8. The number of carbonyl (C=O) groups is 2. The summed E-state index contributed by atoms with van der Waals surface area (Å²) in [5.74, 6) is -2.21. The molecule has 1 aliphatic heterocycles. The zero-order chi connectivity index (χ0) is 21.6. The first-order valence-corrected chi connectivity index (χ1v) is 10.2. The van der Waals surface area contributed by atoms with Crippen LogP contribution in [0.25, 0.3) is 0 Å². The highest BCUT2D eigenvalue weighted by molar-refractivity contribution is 7.54. The fraction of sp³-hybridized carbons (Fsp3) is 0.867. The normalized spacial score (nSPS) is 30.4. The van der Waals surface area contributed by atoms with E-state index in [0.717, 1.165) is 0 Å². The molecule has 5 N–H and O–H groups in total. The molecular weight excluding hydrogens is 399 g/mol. The number of aliphatic hydroxyl groups is 3. The summed E-state index contributed by atoms with van der Waals surface area (Å²) in [6.45, 7) is 3.36. The molecule has 1 rings (SSSR count). The third-order valence-electron chi connectivity index (χ3n) is 4.31. The second-order valence-corrected chi connectivity index (χ2v) is 8.88. The second kappa shape index (κ2) is 10.6. The monoisotopic (exact) mass is 428 g/mol. The Labute approximate surface area is 163 Å². The molecular formula is C15H29N2O10P. The number of aliphatic hydroxyl groups excluding tert-OH is 3. The van der Waals surface area contributed by atoms with Gasteiger partial charge in [-0.05, 0) is 13.8 Å². The van der Waals surface area contributed by atoms with Gasteiger partial charge in [-0.3, -0.25) is 14.2 Å². The van der Waals surface area contributed by atoms with Gasteiger partial charge in [0.25, 0.3) is 0 Å². The van der Waals surface area contributed by atoms with Gasteiger partial charge in [0.05, 0.1) is 6.61 Å². The van der Waals surface area contributed by atoms with Crippen molar-refractivity contribution in [2.24, 2.45) is 0 Å². The van der Waals surface area contributed by atoms with E-state index < -0.39 is 68.5 Å². The highest BCUT2D eigenvalue weighted by atomic mass is 31.2. The van der Waals surface area contributed by atoms with Crippen LogP contribution in [0.5, 0.6) is 0 Å². The number of hydrogen-bond donors (Lipinski definition) is 5. The molecule has 1 saturated heterocycles. The maximum Gasteiger partial charge on any atom is 0.351 e. The predicted octanol–water partition coefficient (Wildman–Crippen LogP) is -1.72. The maximum absolute atomic E-state index is 12.4. The molecule has 28 heavy (non-hydrogen) atoms. The Morgan fingerprint density at radius 2 is 1.79 bits per heavy atom. The van der Waals surface area contributed by atoms with Gasteiger partial charge in [-0.2, -0.15) is 0 Å². The fourth-order valence-corrected chi connectivity index (χ4v) is 3.79. The fourth-order valence-electron chi connectivity index (χ4n) is 2.73. The van der Waals surface area contributed by atoms with Gasteiger partial charge in [0.1, 0.15) is 36.2 Å². The van der Waals surface area contributed by atoms with Gasteiger partial charge in [-0.15, -0.1) is 0 Å². The smallest absolute Gasteiger partial charge is 0.351 e.